The van der Waals surface area contributed by atoms with Crippen molar-refractivity contribution in [3.8, 4) is 0 Å². The molecule has 0 saturated heterocycles. The van der Waals surface area contributed by atoms with Crippen molar-refractivity contribution >= 4 is 0 Å². The fourth-order valence-electron chi connectivity index (χ4n) is 1.24. The highest BCUT2D eigenvalue weighted by atomic mass is 14.0. The molecule has 0 radical (unpaired) electrons. The van der Waals surface area contributed by atoms with Crippen LogP contribution in [0.3, 0.4) is 0 Å². The predicted octanol–water partition coefficient (Wildman–Crippen LogP) is 3.37. The summed E-state index contributed by atoms with van der Waals surface area (Å²) in [5.41, 5.74) is 0. The molecule has 1 fully saturated rings. The largest absolute Gasteiger partial charge is 0.0776 e. The van der Waals surface area contributed by atoms with Crippen LogP contribution in [-0.2, 0) is 0 Å². The van der Waals surface area contributed by atoms with Crippen LogP contribution < -0.4 is 0 Å². The second kappa shape index (κ2) is 5.14. The van der Waals surface area contributed by atoms with E-state index in [1.165, 1.54) is 44.9 Å². The summed E-state index contributed by atoms with van der Waals surface area (Å²) in [6.45, 7) is 0. The molecule has 0 aliphatic heterocycles. The minimum atomic E-state index is 0. The van der Waals surface area contributed by atoms with Gasteiger partial charge >= 0.3 is 0 Å². The summed E-state index contributed by atoms with van der Waals surface area (Å²) < 4.78 is 0. The molecule has 0 nitrogen and oxygen atoms in total. The van der Waals surface area contributed by atoms with Crippen LogP contribution in [-0.4, -0.2) is 0 Å². The van der Waals surface area contributed by atoms with Gasteiger partial charge in [-0.05, 0) is 0 Å². The monoisotopic (exact) mass is 114 g/mol. The van der Waals surface area contributed by atoms with Gasteiger partial charge in [-0.1, -0.05) is 52.4 Å². The Labute approximate surface area is 53.3 Å². The van der Waals surface area contributed by atoms with Gasteiger partial charge in [0.05, 0.1) is 0 Å². The lowest BCUT2D eigenvalue weighted by Crippen LogP contribution is -1.66. The fourth-order valence-corrected chi connectivity index (χ4v) is 1.24. The Balaban J connectivity index is 0.000000490. The molecule has 50 valence electrons. The first kappa shape index (κ1) is 8.00. The fraction of sp³-hybridized carbons (Fsp3) is 1.00. The van der Waals surface area contributed by atoms with Crippen LogP contribution in [0.2, 0.25) is 0 Å². The first-order valence-corrected chi connectivity index (χ1v) is 3.50. The van der Waals surface area contributed by atoms with E-state index < -0.39 is 0 Å². The van der Waals surface area contributed by atoms with Crippen molar-refractivity contribution in [3.05, 3.63) is 0 Å². The molecule has 0 heteroatoms. The molecule has 0 aromatic heterocycles. The zero-order valence-corrected chi connectivity index (χ0v) is 4.95. The Kier molecular flexibility index (Phi) is 5.14. The van der Waals surface area contributed by atoms with E-state index >= 15 is 0 Å². The molecule has 1 rings (SSSR count). The van der Waals surface area contributed by atoms with Gasteiger partial charge in [0.25, 0.3) is 0 Å². The Hall–Kier alpha value is 0. The predicted molar refractivity (Wildman–Crippen MR) is 39.0 cm³/mol. The van der Waals surface area contributed by atoms with Gasteiger partial charge in [0.2, 0.25) is 0 Å². The first-order valence-electron chi connectivity index (χ1n) is 3.50. The van der Waals surface area contributed by atoms with Crippen molar-refractivity contribution in [1.82, 2.24) is 0 Å². The SMILES string of the molecule is C.C1CCCCCC1. The molecule has 0 spiro atoms. The minimum Gasteiger partial charge on any atom is -0.0776 e. The van der Waals surface area contributed by atoms with Crippen molar-refractivity contribution in [1.29, 1.82) is 0 Å². The molecule has 0 aromatic rings. The molecule has 0 heterocycles. The third-order valence-electron chi connectivity index (χ3n) is 1.75. The maximum absolute atomic E-state index is 1.50. The summed E-state index contributed by atoms with van der Waals surface area (Å²) in [5.74, 6) is 0. The lowest BCUT2D eigenvalue weighted by molar-refractivity contribution is 0.702. The van der Waals surface area contributed by atoms with Gasteiger partial charge in [0.1, 0.15) is 0 Å². The molecule has 0 unspecified atom stereocenters. The molecule has 1 aliphatic rings. The van der Waals surface area contributed by atoms with E-state index in [2.05, 4.69) is 0 Å². The van der Waals surface area contributed by atoms with Gasteiger partial charge in [0.15, 0.2) is 0 Å². The summed E-state index contributed by atoms with van der Waals surface area (Å²) in [7, 11) is 0. The molecule has 0 amide bonds. The van der Waals surface area contributed by atoms with E-state index in [-0.39, 0.29) is 7.43 Å². The van der Waals surface area contributed by atoms with E-state index in [1.54, 1.807) is 0 Å². The number of rotatable bonds is 0. The summed E-state index contributed by atoms with van der Waals surface area (Å²) in [6, 6.07) is 0. The van der Waals surface area contributed by atoms with Gasteiger partial charge in [-0.3, -0.25) is 0 Å². The second-order valence-electron chi connectivity index (χ2n) is 2.47. The van der Waals surface area contributed by atoms with Crippen LogP contribution >= 0.6 is 0 Å². The van der Waals surface area contributed by atoms with Crippen molar-refractivity contribution in [2.24, 2.45) is 0 Å². The molecule has 0 atom stereocenters. The topological polar surface area (TPSA) is 0 Å². The maximum atomic E-state index is 1.50. The van der Waals surface area contributed by atoms with Gasteiger partial charge in [-0.2, -0.15) is 0 Å². The molecule has 0 N–H and O–H groups in total. The van der Waals surface area contributed by atoms with Gasteiger partial charge in [-0.15, -0.1) is 0 Å². The van der Waals surface area contributed by atoms with Gasteiger partial charge in [0, 0.05) is 0 Å². The maximum Gasteiger partial charge on any atom is -0.0533 e. The molecule has 8 heavy (non-hydrogen) atoms. The van der Waals surface area contributed by atoms with Crippen LogP contribution in [0.1, 0.15) is 52.4 Å². The van der Waals surface area contributed by atoms with Gasteiger partial charge in [-0.25, -0.2) is 0 Å². The van der Waals surface area contributed by atoms with Gasteiger partial charge < -0.3 is 0 Å². The number of hydrogen-bond acceptors (Lipinski definition) is 0. The van der Waals surface area contributed by atoms with Crippen LogP contribution in [0.15, 0.2) is 0 Å². The quantitative estimate of drug-likeness (QED) is 0.423. The number of hydrogen-bond donors (Lipinski definition) is 0. The van der Waals surface area contributed by atoms with Crippen LogP contribution in [0.5, 0.6) is 0 Å². The van der Waals surface area contributed by atoms with Crippen molar-refractivity contribution in [2.75, 3.05) is 0 Å². The average molecular weight is 114 g/mol. The highest BCUT2D eigenvalue weighted by Crippen LogP contribution is 2.15. The van der Waals surface area contributed by atoms with Crippen molar-refractivity contribution < 1.29 is 0 Å². The molecular formula is C8H18. The smallest absolute Gasteiger partial charge is 0.0533 e. The Morgan fingerprint density at radius 3 is 0.625 bits per heavy atom. The van der Waals surface area contributed by atoms with Crippen molar-refractivity contribution in [2.45, 2.75) is 52.4 Å². The van der Waals surface area contributed by atoms with E-state index in [1.807, 2.05) is 0 Å². The summed E-state index contributed by atoms with van der Waals surface area (Å²) >= 11 is 0. The first-order chi connectivity index (χ1) is 3.50. The zero-order chi connectivity index (χ0) is 4.95. The molecule has 0 aromatic carbocycles. The Morgan fingerprint density at radius 1 is 0.375 bits per heavy atom. The average Bonchev–Trinajstić information content (AvgIpc) is 1.90. The van der Waals surface area contributed by atoms with Crippen LogP contribution in [0, 0.1) is 0 Å². The van der Waals surface area contributed by atoms with E-state index in [4.69, 9.17) is 0 Å². The second-order valence-corrected chi connectivity index (χ2v) is 2.47. The third kappa shape index (κ3) is 3.06. The van der Waals surface area contributed by atoms with Crippen LogP contribution in [0.4, 0.5) is 0 Å². The normalized spacial score (nSPS) is 21.0. The van der Waals surface area contributed by atoms with E-state index in [0.29, 0.717) is 0 Å². The molecule has 1 aliphatic carbocycles. The van der Waals surface area contributed by atoms with Crippen molar-refractivity contribution in [3.63, 3.8) is 0 Å². The molecule has 1 saturated carbocycles. The Morgan fingerprint density at radius 2 is 0.500 bits per heavy atom. The Bertz CT molecular complexity index is 19.7. The molecular weight excluding hydrogens is 96.1 g/mol. The van der Waals surface area contributed by atoms with E-state index in [0.717, 1.165) is 0 Å². The zero-order valence-electron chi connectivity index (χ0n) is 4.95. The summed E-state index contributed by atoms with van der Waals surface area (Å²) in [5, 5.41) is 0. The minimum absolute atomic E-state index is 0. The lowest BCUT2D eigenvalue weighted by atomic mass is 10.2. The standard InChI is InChI=1S/C7H14.CH4/c1-2-4-6-7-5-3-1;/h1-7H2;1H4. The third-order valence-corrected chi connectivity index (χ3v) is 1.75. The highest BCUT2D eigenvalue weighted by molar-refractivity contribution is 4.51. The van der Waals surface area contributed by atoms with E-state index in [9.17, 15) is 0 Å². The van der Waals surface area contributed by atoms with Crippen LogP contribution in [0.25, 0.3) is 0 Å². The summed E-state index contributed by atoms with van der Waals surface area (Å²) in [6.07, 6.45) is 10.5. The molecule has 0 bridgehead atoms. The lowest BCUT2D eigenvalue weighted by Gasteiger charge is -1.85. The highest BCUT2D eigenvalue weighted by Gasteiger charge is 1.95. The summed E-state index contributed by atoms with van der Waals surface area (Å²) in [4.78, 5) is 0.